The second kappa shape index (κ2) is 8.43. The number of benzene rings is 2. The second-order valence-electron chi connectivity index (χ2n) is 9.17. The van der Waals surface area contributed by atoms with Crippen LogP contribution in [-0.4, -0.2) is 29.3 Å². The van der Waals surface area contributed by atoms with E-state index in [4.69, 9.17) is 10.7 Å². The molecule has 3 aromatic rings. The number of aliphatic imine (C=N–C) groups is 1. The molecule has 0 aliphatic heterocycles. The molecular formula is C27H27FN4O. The van der Waals surface area contributed by atoms with Gasteiger partial charge in [-0.2, -0.15) is 4.39 Å². The normalized spacial score (nSPS) is 19.0. The van der Waals surface area contributed by atoms with Crippen LogP contribution in [0.2, 0.25) is 0 Å². The standard InChI is InChI=1S/C27H27FN4O/c1-32(17-33)26(29)31-24-23-15-20(22-7-4-14-30-25(22)28)8-9-21(23)16-27(24)12-10-18-5-2-3-6-19(18)11-13-27/h2-9,14-15,17,24H,10-13,16H2,1H3,(H2,29,31). The van der Waals surface area contributed by atoms with Crippen LogP contribution in [0.4, 0.5) is 4.39 Å². The number of aryl methyl sites for hydroxylation is 2. The van der Waals surface area contributed by atoms with Crippen molar-refractivity contribution in [2.45, 2.75) is 38.1 Å². The molecule has 0 saturated heterocycles. The van der Waals surface area contributed by atoms with Gasteiger partial charge in [-0.3, -0.25) is 9.69 Å². The van der Waals surface area contributed by atoms with Crippen molar-refractivity contribution in [1.82, 2.24) is 9.88 Å². The first-order chi connectivity index (χ1) is 16.0. The minimum atomic E-state index is -0.490. The largest absolute Gasteiger partial charge is 0.369 e. The summed E-state index contributed by atoms with van der Waals surface area (Å²) >= 11 is 0. The molecule has 0 fully saturated rings. The summed E-state index contributed by atoms with van der Waals surface area (Å²) in [4.78, 5) is 21.4. The van der Waals surface area contributed by atoms with Gasteiger partial charge in [0.1, 0.15) is 0 Å². The molecule has 0 bridgehead atoms. The van der Waals surface area contributed by atoms with Gasteiger partial charge in [0.05, 0.1) is 6.04 Å². The Kier molecular flexibility index (Phi) is 5.44. The van der Waals surface area contributed by atoms with Gasteiger partial charge in [0.2, 0.25) is 12.4 Å². The van der Waals surface area contributed by atoms with Crippen LogP contribution in [0, 0.1) is 11.4 Å². The number of carbonyl (C=O) groups excluding carboxylic acids is 1. The highest BCUT2D eigenvalue weighted by molar-refractivity contribution is 5.87. The van der Waals surface area contributed by atoms with E-state index in [1.165, 1.54) is 27.8 Å². The molecule has 5 rings (SSSR count). The highest BCUT2D eigenvalue weighted by atomic mass is 19.1. The van der Waals surface area contributed by atoms with Gasteiger partial charge in [-0.15, -0.1) is 0 Å². The first-order valence-electron chi connectivity index (χ1n) is 11.3. The molecule has 0 saturated carbocycles. The highest BCUT2D eigenvalue weighted by Gasteiger charge is 2.47. The van der Waals surface area contributed by atoms with E-state index in [2.05, 4.69) is 35.3 Å². The van der Waals surface area contributed by atoms with Crippen molar-refractivity contribution in [2.75, 3.05) is 7.05 Å². The zero-order valence-electron chi connectivity index (χ0n) is 18.7. The zero-order chi connectivity index (χ0) is 23.0. The number of pyridine rings is 1. The Morgan fingerprint density at radius 3 is 2.52 bits per heavy atom. The minimum absolute atomic E-state index is 0.109. The third-order valence-electron chi connectivity index (χ3n) is 7.32. The molecular weight excluding hydrogens is 415 g/mol. The van der Waals surface area contributed by atoms with Crippen molar-refractivity contribution < 1.29 is 9.18 Å². The van der Waals surface area contributed by atoms with Gasteiger partial charge in [-0.1, -0.05) is 36.4 Å². The number of nitrogens with zero attached hydrogens (tertiary/aromatic N) is 3. The molecule has 1 spiro atoms. The maximum atomic E-state index is 14.4. The quantitative estimate of drug-likeness (QED) is 0.282. The number of fused-ring (bicyclic) bond motifs is 2. The number of amides is 1. The average molecular weight is 443 g/mol. The van der Waals surface area contributed by atoms with Gasteiger partial charge in [-0.05, 0) is 78.1 Å². The van der Waals surface area contributed by atoms with Crippen LogP contribution in [0.15, 0.2) is 65.8 Å². The predicted molar refractivity (Wildman–Crippen MR) is 127 cm³/mol. The summed E-state index contributed by atoms with van der Waals surface area (Å²) in [6.07, 6.45) is 6.91. The predicted octanol–water partition coefficient (Wildman–Crippen LogP) is 4.45. The maximum absolute atomic E-state index is 14.4. The lowest BCUT2D eigenvalue weighted by Gasteiger charge is -2.33. The first kappa shape index (κ1) is 21.3. The third-order valence-corrected chi connectivity index (χ3v) is 7.32. The molecule has 1 unspecified atom stereocenters. The average Bonchev–Trinajstić information content (AvgIpc) is 3.00. The fourth-order valence-electron chi connectivity index (χ4n) is 5.46. The summed E-state index contributed by atoms with van der Waals surface area (Å²) in [5, 5.41) is 0. The van der Waals surface area contributed by atoms with E-state index >= 15 is 0 Å². The van der Waals surface area contributed by atoms with Crippen molar-refractivity contribution in [3.05, 3.63) is 89.0 Å². The lowest BCUT2D eigenvalue weighted by Crippen LogP contribution is -2.35. The van der Waals surface area contributed by atoms with Crippen LogP contribution in [-0.2, 0) is 24.1 Å². The fourth-order valence-corrected chi connectivity index (χ4v) is 5.46. The maximum Gasteiger partial charge on any atom is 0.220 e. The Morgan fingerprint density at radius 1 is 1.12 bits per heavy atom. The van der Waals surface area contributed by atoms with Gasteiger partial charge in [0, 0.05) is 24.2 Å². The molecule has 0 radical (unpaired) electrons. The van der Waals surface area contributed by atoms with Crippen molar-refractivity contribution in [3.8, 4) is 11.1 Å². The van der Waals surface area contributed by atoms with Crippen LogP contribution >= 0.6 is 0 Å². The van der Waals surface area contributed by atoms with Crippen molar-refractivity contribution in [2.24, 2.45) is 16.1 Å². The van der Waals surface area contributed by atoms with E-state index in [9.17, 15) is 9.18 Å². The van der Waals surface area contributed by atoms with E-state index in [0.717, 1.165) is 43.2 Å². The number of hydrogen-bond donors (Lipinski definition) is 1. The second-order valence-corrected chi connectivity index (χ2v) is 9.17. The SMILES string of the molecule is CN(C=O)/C(N)=N\C1c2cc(-c3cccnc3F)ccc2CC12CCc1ccccc1CC2. The third kappa shape index (κ3) is 3.80. The Hall–Kier alpha value is -3.54. The molecule has 2 aromatic carbocycles. The zero-order valence-corrected chi connectivity index (χ0v) is 18.7. The van der Waals surface area contributed by atoms with E-state index in [1.807, 2.05) is 12.1 Å². The summed E-state index contributed by atoms with van der Waals surface area (Å²) < 4.78 is 14.4. The summed E-state index contributed by atoms with van der Waals surface area (Å²) in [6, 6.07) is 18.0. The number of rotatable bonds is 3. The molecule has 1 heterocycles. The first-order valence-corrected chi connectivity index (χ1v) is 11.3. The fraction of sp³-hybridized carbons (Fsp3) is 0.296. The molecule has 5 nitrogen and oxygen atoms in total. The highest BCUT2D eigenvalue weighted by Crippen LogP contribution is 2.55. The molecule has 6 heteroatoms. The topological polar surface area (TPSA) is 71.6 Å². The Labute approximate surface area is 193 Å². The van der Waals surface area contributed by atoms with Crippen LogP contribution in [0.1, 0.15) is 41.1 Å². The molecule has 2 aliphatic rings. The van der Waals surface area contributed by atoms with E-state index in [1.54, 1.807) is 19.2 Å². The number of aromatic nitrogens is 1. The minimum Gasteiger partial charge on any atom is -0.369 e. The summed E-state index contributed by atoms with van der Waals surface area (Å²) in [5.74, 6) is -0.294. The molecule has 2 N–H and O–H groups in total. The number of hydrogen-bond acceptors (Lipinski definition) is 3. The lowest BCUT2D eigenvalue weighted by atomic mass is 9.74. The van der Waals surface area contributed by atoms with Crippen LogP contribution in [0.25, 0.3) is 11.1 Å². The molecule has 2 aliphatic carbocycles. The van der Waals surface area contributed by atoms with Gasteiger partial charge in [-0.25, -0.2) is 9.98 Å². The smallest absolute Gasteiger partial charge is 0.220 e. The lowest BCUT2D eigenvalue weighted by molar-refractivity contribution is -0.114. The van der Waals surface area contributed by atoms with Gasteiger partial charge >= 0.3 is 0 Å². The van der Waals surface area contributed by atoms with E-state index in [-0.39, 0.29) is 17.4 Å². The summed E-state index contributed by atoms with van der Waals surface area (Å²) in [6.45, 7) is 0. The van der Waals surface area contributed by atoms with Crippen molar-refractivity contribution in [3.63, 3.8) is 0 Å². The van der Waals surface area contributed by atoms with Gasteiger partial charge < -0.3 is 5.73 Å². The van der Waals surface area contributed by atoms with Crippen LogP contribution < -0.4 is 5.73 Å². The van der Waals surface area contributed by atoms with Gasteiger partial charge in [0.25, 0.3) is 0 Å². The Morgan fingerprint density at radius 2 is 1.85 bits per heavy atom. The molecule has 1 amide bonds. The van der Waals surface area contributed by atoms with Crippen molar-refractivity contribution in [1.29, 1.82) is 0 Å². The Balaban J connectivity index is 1.60. The van der Waals surface area contributed by atoms with E-state index < -0.39 is 5.95 Å². The van der Waals surface area contributed by atoms with Crippen LogP contribution in [0.3, 0.4) is 0 Å². The molecule has 168 valence electrons. The Bertz CT molecular complexity index is 1210. The molecule has 1 atom stereocenters. The number of guanidine groups is 1. The summed E-state index contributed by atoms with van der Waals surface area (Å²) in [5.41, 5.74) is 12.4. The molecule has 33 heavy (non-hydrogen) atoms. The van der Waals surface area contributed by atoms with Gasteiger partial charge in [0.15, 0.2) is 5.96 Å². The number of nitrogens with two attached hydrogens (primary N) is 1. The summed E-state index contributed by atoms with van der Waals surface area (Å²) in [7, 11) is 1.61. The number of carbonyl (C=O) groups is 1. The van der Waals surface area contributed by atoms with Crippen LogP contribution in [0.5, 0.6) is 0 Å². The van der Waals surface area contributed by atoms with E-state index in [0.29, 0.717) is 12.0 Å². The monoisotopic (exact) mass is 442 g/mol. The van der Waals surface area contributed by atoms with Crippen molar-refractivity contribution >= 4 is 12.4 Å². The molecule has 1 aromatic heterocycles. The number of halogens is 1.